The molecule has 0 aromatic heterocycles. The molecular formula is C19H24N4O2S. The van der Waals surface area contributed by atoms with Gasteiger partial charge in [0, 0.05) is 25.0 Å². The molecule has 6 nitrogen and oxygen atoms in total. The molecule has 2 aromatic carbocycles. The minimum Gasteiger partial charge on any atom is -0.494 e. The van der Waals surface area contributed by atoms with E-state index in [4.69, 9.17) is 22.1 Å². The van der Waals surface area contributed by atoms with Crippen LogP contribution in [0.3, 0.4) is 0 Å². The monoisotopic (exact) mass is 372 g/mol. The van der Waals surface area contributed by atoms with Crippen molar-refractivity contribution in [2.45, 2.75) is 6.92 Å². The van der Waals surface area contributed by atoms with E-state index in [0.29, 0.717) is 18.3 Å². The maximum atomic E-state index is 8.97. The van der Waals surface area contributed by atoms with Gasteiger partial charge in [-0.3, -0.25) is 5.43 Å². The van der Waals surface area contributed by atoms with Crippen molar-refractivity contribution < 1.29 is 9.84 Å². The van der Waals surface area contributed by atoms with Crippen LogP contribution in [-0.4, -0.2) is 43.2 Å². The number of ether oxygens (including phenoxy) is 1. The van der Waals surface area contributed by atoms with E-state index < -0.39 is 0 Å². The second-order valence-corrected chi connectivity index (χ2v) is 5.93. The fraction of sp³-hybridized carbons (Fsp3) is 0.263. The highest BCUT2D eigenvalue weighted by molar-refractivity contribution is 7.80. The van der Waals surface area contributed by atoms with Gasteiger partial charge < -0.3 is 20.1 Å². The van der Waals surface area contributed by atoms with Crippen LogP contribution in [-0.2, 0) is 0 Å². The Hall–Kier alpha value is -2.64. The number of aliphatic hydroxyl groups is 1. The second-order valence-electron chi connectivity index (χ2n) is 5.52. The number of nitrogens with one attached hydrogen (secondary N) is 2. The van der Waals surface area contributed by atoms with Crippen molar-refractivity contribution in [1.82, 2.24) is 5.43 Å². The summed E-state index contributed by atoms with van der Waals surface area (Å²) in [6, 6.07) is 15.4. The van der Waals surface area contributed by atoms with Gasteiger partial charge in [0.1, 0.15) is 5.75 Å². The van der Waals surface area contributed by atoms with Crippen molar-refractivity contribution in [2.24, 2.45) is 5.10 Å². The molecule has 0 spiro atoms. The highest BCUT2D eigenvalue weighted by Crippen LogP contribution is 2.15. The fourth-order valence-corrected chi connectivity index (χ4v) is 2.39. The molecule has 0 aliphatic carbocycles. The van der Waals surface area contributed by atoms with Gasteiger partial charge in [0.05, 0.1) is 19.4 Å². The number of benzene rings is 2. The van der Waals surface area contributed by atoms with Crippen LogP contribution >= 0.6 is 12.2 Å². The molecule has 0 aliphatic heterocycles. The third-order valence-electron chi connectivity index (χ3n) is 3.57. The average Bonchev–Trinajstić information content (AvgIpc) is 2.64. The number of hydrogen-bond donors (Lipinski definition) is 3. The molecule has 0 fully saturated rings. The van der Waals surface area contributed by atoms with Gasteiger partial charge in [-0.25, -0.2) is 0 Å². The molecule has 2 aromatic rings. The number of nitrogens with zero attached hydrogens (tertiary/aromatic N) is 2. The van der Waals surface area contributed by atoms with E-state index in [1.807, 2.05) is 67.4 Å². The van der Waals surface area contributed by atoms with Gasteiger partial charge in [-0.1, -0.05) is 12.1 Å². The number of aliphatic hydroxyl groups excluding tert-OH is 1. The second kappa shape index (κ2) is 10.4. The third-order valence-corrected chi connectivity index (χ3v) is 3.77. The molecule has 0 radical (unpaired) electrons. The summed E-state index contributed by atoms with van der Waals surface area (Å²) in [5.74, 6) is 0.822. The van der Waals surface area contributed by atoms with E-state index in [9.17, 15) is 0 Å². The van der Waals surface area contributed by atoms with E-state index in [1.165, 1.54) is 0 Å². The Bertz CT molecular complexity index is 717. The molecule has 2 rings (SSSR count). The lowest BCUT2D eigenvalue weighted by atomic mass is 10.2. The van der Waals surface area contributed by atoms with Gasteiger partial charge in [-0.2, -0.15) is 5.10 Å². The van der Waals surface area contributed by atoms with E-state index in [1.54, 1.807) is 6.21 Å². The van der Waals surface area contributed by atoms with Crippen LogP contribution in [0.5, 0.6) is 5.75 Å². The van der Waals surface area contributed by atoms with E-state index >= 15 is 0 Å². The molecule has 0 saturated heterocycles. The first kappa shape index (κ1) is 19.7. The maximum absolute atomic E-state index is 8.97. The topological polar surface area (TPSA) is 69.1 Å². The molecule has 3 N–H and O–H groups in total. The van der Waals surface area contributed by atoms with Crippen LogP contribution in [0.25, 0.3) is 0 Å². The molecule has 7 heteroatoms. The molecule has 26 heavy (non-hydrogen) atoms. The van der Waals surface area contributed by atoms with Crippen molar-refractivity contribution in [3.8, 4) is 5.75 Å². The normalized spacial score (nSPS) is 10.6. The number of hydrazone groups is 1. The minimum absolute atomic E-state index is 0.127. The van der Waals surface area contributed by atoms with Crippen molar-refractivity contribution in [2.75, 3.05) is 37.0 Å². The molecule has 0 amide bonds. The minimum atomic E-state index is 0.127. The Kier molecular flexibility index (Phi) is 7.85. The van der Waals surface area contributed by atoms with Gasteiger partial charge in [-0.15, -0.1) is 0 Å². The van der Waals surface area contributed by atoms with E-state index in [-0.39, 0.29) is 6.61 Å². The van der Waals surface area contributed by atoms with Crippen molar-refractivity contribution >= 4 is 34.9 Å². The number of rotatable bonds is 8. The third kappa shape index (κ3) is 6.34. The first-order chi connectivity index (χ1) is 12.6. The Morgan fingerprint density at radius 2 is 1.88 bits per heavy atom. The smallest absolute Gasteiger partial charge is 0.191 e. The van der Waals surface area contributed by atoms with Crippen LogP contribution in [0.2, 0.25) is 0 Å². The Morgan fingerprint density at radius 3 is 2.50 bits per heavy atom. The van der Waals surface area contributed by atoms with Gasteiger partial charge >= 0.3 is 0 Å². The summed E-state index contributed by atoms with van der Waals surface area (Å²) in [5.41, 5.74) is 5.64. The quantitative estimate of drug-likeness (QED) is 0.376. The van der Waals surface area contributed by atoms with Gasteiger partial charge in [-0.05, 0) is 61.1 Å². The summed E-state index contributed by atoms with van der Waals surface area (Å²) in [6.45, 7) is 3.31. The molecule has 0 aliphatic rings. The zero-order valence-electron chi connectivity index (χ0n) is 15.0. The molecule has 0 heterocycles. The molecule has 0 unspecified atom stereocenters. The SMILES string of the molecule is CCOc1ccc(NC(=S)N/N=C\c2ccc(N(C)CCO)cc2)cc1. The van der Waals surface area contributed by atoms with Crippen LogP contribution in [0, 0.1) is 0 Å². The highest BCUT2D eigenvalue weighted by Gasteiger charge is 2.00. The lowest BCUT2D eigenvalue weighted by Crippen LogP contribution is -2.23. The van der Waals surface area contributed by atoms with Gasteiger partial charge in [0.15, 0.2) is 5.11 Å². The van der Waals surface area contributed by atoms with E-state index in [0.717, 1.165) is 22.7 Å². The van der Waals surface area contributed by atoms with Crippen LogP contribution in [0.15, 0.2) is 53.6 Å². The van der Waals surface area contributed by atoms with Crippen molar-refractivity contribution in [1.29, 1.82) is 0 Å². The fourth-order valence-electron chi connectivity index (χ4n) is 2.22. The number of thiocarbonyl (C=S) groups is 1. The predicted molar refractivity (Wildman–Crippen MR) is 111 cm³/mol. The zero-order valence-corrected chi connectivity index (χ0v) is 15.8. The standard InChI is InChI=1S/C19H24N4O2S/c1-3-25-18-10-6-16(7-11-18)21-19(26)22-20-14-15-4-8-17(9-5-15)23(2)12-13-24/h4-11,14,24H,3,12-13H2,1-2H3,(H2,21,22,26)/b20-14-. The number of hydrogen-bond acceptors (Lipinski definition) is 5. The first-order valence-corrected chi connectivity index (χ1v) is 8.78. The van der Waals surface area contributed by atoms with Gasteiger partial charge in [0.2, 0.25) is 0 Å². The maximum Gasteiger partial charge on any atom is 0.191 e. The summed E-state index contributed by atoms with van der Waals surface area (Å²) in [4.78, 5) is 1.98. The van der Waals surface area contributed by atoms with Crippen LogP contribution in [0.4, 0.5) is 11.4 Å². The number of likely N-dealkylation sites (N-methyl/N-ethyl adjacent to an activating group) is 1. The average molecular weight is 372 g/mol. The summed E-state index contributed by atoms with van der Waals surface area (Å²) < 4.78 is 5.40. The van der Waals surface area contributed by atoms with Crippen molar-refractivity contribution in [3.63, 3.8) is 0 Å². The van der Waals surface area contributed by atoms with Gasteiger partial charge in [0.25, 0.3) is 0 Å². The van der Waals surface area contributed by atoms with Crippen LogP contribution in [0.1, 0.15) is 12.5 Å². The first-order valence-electron chi connectivity index (χ1n) is 8.37. The summed E-state index contributed by atoms with van der Waals surface area (Å²) >= 11 is 5.22. The largest absolute Gasteiger partial charge is 0.494 e. The summed E-state index contributed by atoms with van der Waals surface area (Å²) in [7, 11) is 1.94. The zero-order chi connectivity index (χ0) is 18.8. The number of anilines is 2. The molecule has 0 bridgehead atoms. The van der Waals surface area contributed by atoms with Crippen LogP contribution < -0.4 is 20.4 Å². The predicted octanol–water partition coefficient (Wildman–Crippen LogP) is 2.83. The molecule has 0 saturated carbocycles. The summed E-state index contributed by atoms with van der Waals surface area (Å²) in [5, 5.41) is 16.6. The lowest BCUT2D eigenvalue weighted by Gasteiger charge is -2.17. The Morgan fingerprint density at radius 1 is 1.19 bits per heavy atom. The molecule has 0 atom stereocenters. The molecular weight excluding hydrogens is 348 g/mol. The lowest BCUT2D eigenvalue weighted by molar-refractivity contribution is 0.304. The Balaban J connectivity index is 1.82. The summed E-state index contributed by atoms with van der Waals surface area (Å²) in [6.07, 6.45) is 1.70. The molecule has 138 valence electrons. The van der Waals surface area contributed by atoms with Crippen molar-refractivity contribution in [3.05, 3.63) is 54.1 Å². The van der Waals surface area contributed by atoms with E-state index in [2.05, 4.69) is 15.8 Å². The Labute approximate surface area is 159 Å². The highest BCUT2D eigenvalue weighted by atomic mass is 32.1.